The van der Waals surface area contributed by atoms with Crippen molar-refractivity contribution in [3.8, 4) is 5.75 Å². The molecular weight excluding hydrogens is 255 g/mol. The van der Waals surface area contributed by atoms with Gasteiger partial charge in [0.25, 0.3) is 0 Å². The summed E-state index contributed by atoms with van der Waals surface area (Å²) in [5, 5.41) is 0. The van der Waals surface area contributed by atoms with Crippen LogP contribution in [0.1, 0.15) is 22.7 Å². The molecule has 0 saturated heterocycles. The van der Waals surface area contributed by atoms with Gasteiger partial charge in [0.1, 0.15) is 11.6 Å². The molecule has 1 atom stereocenters. The van der Waals surface area contributed by atoms with Gasteiger partial charge in [-0.05, 0) is 48.2 Å². The second-order valence-electron chi connectivity index (χ2n) is 4.78. The van der Waals surface area contributed by atoms with Crippen molar-refractivity contribution in [2.75, 3.05) is 7.11 Å². The molecule has 20 heavy (non-hydrogen) atoms. The molecule has 2 aromatic rings. The van der Waals surface area contributed by atoms with Crippen LogP contribution in [0.2, 0.25) is 0 Å². The fourth-order valence-corrected chi connectivity index (χ4v) is 2.15. The lowest BCUT2D eigenvalue weighted by molar-refractivity contribution is 0.414. The lowest BCUT2D eigenvalue weighted by atomic mass is 9.98. The summed E-state index contributed by atoms with van der Waals surface area (Å²) < 4.78 is 18.4. The van der Waals surface area contributed by atoms with Gasteiger partial charge in [-0.3, -0.25) is 11.3 Å². The maximum absolute atomic E-state index is 13.3. The van der Waals surface area contributed by atoms with Gasteiger partial charge in [0.05, 0.1) is 7.11 Å². The Labute approximate surface area is 118 Å². The number of halogens is 1. The summed E-state index contributed by atoms with van der Waals surface area (Å²) in [4.78, 5) is 0. The maximum Gasteiger partial charge on any atom is 0.126 e. The molecule has 3 N–H and O–H groups in total. The number of rotatable bonds is 5. The topological polar surface area (TPSA) is 47.3 Å². The zero-order chi connectivity index (χ0) is 14.5. The van der Waals surface area contributed by atoms with Gasteiger partial charge < -0.3 is 4.74 Å². The Balaban J connectivity index is 2.16. The van der Waals surface area contributed by atoms with Crippen molar-refractivity contribution in [2.45, 2.75) is 19.4 Å². The van der Waals surface area contributed by atoms with E-state index in [1.165, 1.54) is 6.07 Å². The standard InChI is InChI=1S/C16H19FN2O/c1-11-9-13(5-8-15(11)17)16(19-18)10-12-3-6-14(20-2)7-4-12/h3-9,16,19H,10,18H2,1-2H3. The van der Waals surface area contributed by atoms with E-state index in [2.05, 4.69) is 5.43 Å². The first-order valence-electron chi connectivity index (χ1n) is 6.49. The first-order valence-corrected chi connectivity index (χ1v) is 6.49. The summed E-state index contributed by atoms with van der Waals surface area (Å²) in [5.41, 5.74) is 5.52. The van der Waals surface area contributed by atoms with E-state index >= 15 is 0 Å². The highest BCUT2D eigenvalue weighted by molar-refractivity contribution is 5.31. The Morgan fingerprint density at radius 3 is 2.45 bits per heavy atom. The van der Waals surface area contributed by atoms with Gasteiger partial charge in [0, 0.05) is 6.04 Å². The summed E-state index contributed by atoms with van der Waals surface area (Å²) in [6, 6.07) is 12.8. The number of nitrogens with two attached hydrogens (primary N) is 1. The Morgan fingerprint density at radius 2 is 1.90 bits per heavy atom. The van der Waals surface area contributed by atoms with Crippen LogP contribution in [0, 0.1) is 12.7 Å². The maximum atomic E-state index is 13.3. The van der Waals surface area contributed by atoms with Crippen LogP contribution >= 0.6 is 0 Å². The van der Waals surface area contributed by atoms with E-state index in [-0.39, 0.29) is 11.9 Å². The molecule has 106 valence electrons. The van der Waals surface area contributed by atoms with Crippen LogP contribution in [0.25, 0.3) is 0 Å². The van der Waals surface area contributed by atoms with E-state index in [1.807, 2.05) is 30.3 Å². The Hall–Kier alpha value is -1.91. The third-order valence-electron chi connectivity index (χ3n) is 3.38. The van der Waals surface area contributed by atoms with Crippen LogP contribution < -0.4 is 16.0 Å². The van der Waals surface area contributed by atoms with E-state index in [0.717, 1.165) is 23.3 Å². The van der Waals surface area contributed by atoms with E-state index in [4.69, 9.17) is 10.6 Å². The molecular formula is C16H19FN2O. The minimum Gasteiger partial charge on any atom is -0.497 e. The Morgan fingerprint density at radius 1 is 1.20 bits per heavy atom. The van der Waals surface area contributed by atoms with Gasteiger partial charge in [-0.1, -0.05) is 24.3 Å². The molecule has 0 aromatic heterocycles. The number of methoxy groups -OCH3 is 1. The largest absolute Gasteiger partial charge is 0.497 e. The molecule has 0 aliphatic rings. The molecule has 4 heteroatoms. The van der Waals surface area contributed by atoms with Gasteiger partial charge in [-0.15, -0.1) is 0 Å². The average Bonchev–Trinajstić information content (AvgIpc) is 2.48. The van der Waals surface area contributed by atoms with E-state index < -0.39 is 0 Å². The van der Waals surface area contributed by atoms with Crippen molar-refractivity contribution in [3.05, 3.63) is 65.0 Å². The second kappa shape index (κ2) is 6.50. The number of hydrogen-bond acceptors (Lipinski definition) is 3. The molecule has 0 radical (unpaired) electrons. The number of benzene rings is 2. The summed E-state index contributed by atoms with van der Waals surface area (Å²) in [5.74, 6) is 6.25. The monoisotopic (exact) mass is 274 g/mol. The third kappa shape index (κ3) is 3.35. The molecule has 0 bridgehead atoms. The quantitative estimate of drug-likeness (QED) is 0.651. The Bertz CT molecular complexity index is 569. The van der Waals surface area contributed by atoms with Crippen LogP contribution in [0.4, 0.5) is 4.39 Å². The normalized spacial score (nSPS) is 12.2. The molecule has 0 heterocycles. The molecule has 3 nitrogen and oxygen atoms in total. The third-order valence-corrected chi connectivity index (χ3v) is 3.38. The van der Waals surface area contributed by atoms with Crippen molar-refractivity contribution < 1.29 is 9.13 Å². The van der Waals surface area contributed by atoms with E-state index in [1.54, 1.807) is 20.1 Å². The van der Waals surface area contributed by atoms with Gasteiger partial charge >= 0.3 is 0 Å². The highest BCUT2D eigenvalue weighted by Gasteiger charge is 2.12. The minimum absolute atomic E-state index is 0.0531. The Kier molecular flexibility index (Phi) is 4.71. The van der Waals surface area contributed by atoms with Crippen molar-refractivity contribution in [3.63, 3.8) is 0 Å². The van der Waals surface area contributed by atoms with Crippen LogP contribution in [-0.2, 0) is 6.42 Å². The van der Waals surface area contributed by atoms with E-state index in [9.17, 15) is 4.39 Å². The lowest BCUT2D eigenvalue weighted by Gasteiger charge is -2.17. The van der Waals surface area contributed by atoms with Crippen molar-refractivity contribution in [1.29, 1.82) is 0 Å². The lowest BCUT2D eigenvalue weighted by Crippen LogP contribution is -2.29. The molecule has 0 aliphatic carbocycles. The minimum atomic E-state index is -0.200. The summed E-state index contributed by atoms with van der Waals surface area (Å²) >= 11 is 0. The van der Waals surface area contributed by atoms with Crippen LogP contribution in [0.3, 0.4) is 0 Å². The van der Waals surface area contributed by atoms with Gasteiger partial charge in [-0.2, -0.15) is 0 Å². The highest BCUT2D eigenvalue weighted by Crippen LogP contribution is 2.21. The van der Waals surface area contributed by atoms with Crippen LogP contribution in [0.5, 0.6) is 5.75 Å². The van der Waals surface area contributed by atoms with Crippen molar-refractivity contribution in [2.24, 2.45) is 5.84 Å². The first-order chi connectivity index (χ1) is 9.63. The van der Waals surface area contributed by atoms with Crippen LogP contribution in [-0.4, -0.2) is 7.11 Å². The molecule has 0 fully saturated rings. The molecule has 0 spiro atoms. The second-order valence-corrected chi connectivity index (χ2v) is 4.78. The molecule has 0 aliphatic heterocycles. The highest BCUT2D eigenvalue weighted by atomic mass is 19.1. The van der Waals surface area contributed by atoms with Gasteiger partial charge in [0.2, 0.25) is 0 Å². The van der Waals surface area contributed by atoms with E-state index in [0.29, 0.717) is 5.56 Å². The van der Waals surface area contributed by atoms with Crippen molar-refractivity contribution >= 4 is 0 Å². The fraction of sp³-hybridized carbons (Fsp3) is 0.250. The number of aryl methyl sites for hydroxylation is 1. The zero-order valence-electron chi connectivity index (χ0n) is 11.7. The predicted octanol–water partition coefficient (Wildman–Crippen LogP) is 2.89. The molecule has 2 aromatic carbocycles. The number of ether oxygens (including phenoxy) is 1. The van der Waals surface area contributed by atoms with Crippen molar-refractivity contribution in [1.82, 2.24) is 5.43 Å². The average molecular weight is 274 g/mol. The summed E-state index contributed by atoms with van der Waals surface area (Å²) in [7, 11) is 1.64. The summed E-state index contributed by atoms with van der Waals surface area (Å²) in [6.45, 7) is 1.75. The predicted molar refractivity (Wildman–Crippen MR) is 77.9 cm³/mol. The molecule has 1 unspecified atom stereocenters. The summed E-state index contributed by atoms with van der Waals surface area (Å²) in [6.07, 6.45) is 0.728. The fourth-order valence-electron chi connectivity index (χ4n) is 2.15. The number of hydrogen-bond donors (Lipinski definition) is 2. The zero-order valence-corrected chi connectivity index (χ0v) is 11.7. The number of nitrogens with one attached hydrogen (secondary N) is 1. The first kappa shape index (κ1) is 14.5. The van der Waals surface area contributed by atoms with Gasteiger partial charge in [-0.25, -0.2) is 4.39 Å². The van der Waals surface area contributed by atoms with Crippen LogP contribution in [0.15, 0.2) is 42.5 Å². The molecule has 0 saturated carbocycles. The van der Waals surface area contributed by atoms with Gasteiger partial charge in [0.15, 0.2) is 0 Å². The smallest absolute Gasteiger partial charge is 0.126 e. The SMILES string of the molecule is COc1ccc(CC(NN)c2ccc(F)c(C)c2)cc1. The molecule has 0 amide bonds. The number of hydrazine groups is 1. The molecule has 2 rings (SSSR count).